The van der Waals surface area contributed by atoms with Gasteiger partial charge in [0.1, 0.15) is 0 Å². The molecule has 104 valence electrons. The molecule has 0 aliphatic rings. The Balaban J connectivity index is -0.000000266. The molecule has 5 heteroatoms. The van der Waals surface area contributed by atoms with Crippen molar-refractivity contribution in [2.45, 2.75) is 32.3 Å². The summed E-state index contributed by atoms with van der Waals surface area (Å²) in [6.07, 6.45) is 3.54. The van der Waals surface area contributed by atoms with E-state index >= 15 is 0 Å². The van der Waals surface area contributed by atoms with Crippen LogP contribution in [0.5, 0.6) is 0 Å². The minimum atomic E-state index is -0.556. The van der Waals surface area contributed by atoms with Gasteiger partial charge in [-0.1, -0.05) is 6.58 Å². The second-order valence-corrected chi connectivity index (χ2v) is 5.75. The zero-order chi connectivity index (χ0) is 15.0. The Kier molecular flexibility index (Phi) is 26.0. The Morgan fingerprint density at radius 3 is 2.00 bits per heavy atom. The summed E-state index contributed by atoms with van der Waals surface area (Å²) in [6, 6.07) is 0. The topological polar surface area (TPSA) is 26.3 Å². The van der Waals surface area contributed by atoms with E-state index in [1.54, 1.807) is 6.92 Å². The van der Waals surface area contributed by atoms with Crippen molar-refractivity contribution in [3.05, 3.63) is 40.3 Å². The fourth-order valence-electron chi connectivity index (χ4n) is 0.562. The van der Waals surface area contributed by atoms with Gasteiger partial charge < -0.3 is 32.4 Å². The first kappa shape index (κ1) is 23.6. The molecular formula is C13H22Cl2O2Ti. The van der Waals surface area contributed by atoms with Gasteiger partial charge >= 0.3 is 41.6 Å². The van der Waals surface area contributed by atoms with Crippen LogP contribution in [0.3, 0.4) is 0 Å². The minimum absolute atomic E-state index is 0.0545. The molecule has 0 amide bonds. The number of carbonyl (C=O) groups excluding carboxylic acids is 1. The summed E-state index contributed by atoms with van der Waals surface area (Å²) < 4.78 is 4.89. The molecule has 2 nitrogen and oxygen atoms in total. The van der Waals surface area contributed by atoms with Gasteiger partial charge in [-0.2, -0.15) is 5.92 Å². The van der Waals surface area contributed by atoms with Crippen molar-refractivity contribution in [2.75, 3.05) is 0 Å². The van der Waals surface area contributed by atoms with Crippen LogP contribution in [-0.4, -0.2) is 12.1 Å². The molecule has 0 aromatic heterocycles. The molecule has 0 aromatic carbocycles. The van der Waals surface area contributed by atoms with Crippen LogP contribution < -0.4 is 0 Å². The summed E-state index contributed by atoms with van der Waals surface area (Å²) in [5, 5.41) is 0. The molecule has 0 saturated heterocycles. The molecule has 0 saturated carbocycles. The van der Waals surface area contributed by atoms with Crippen LogP contribution in [0.4, 0.5) is 0 Å². The van der Waals surface area contributed by atoms with Crippen molar-refractivity contribution in [1.82, 2.24) is 0 Å². The molecule has 0 aliphatic carbocycles. The summed E-state index contributed by atoms with van der Waals surface area (Å²) >= 11 is -0.556. The number of unbranched alkanes of at least 4 members (excludes halogenated alkanes) is 1. The molecule has 2 atom stereocenters. The Morgan fingerprint density at radius 2 is 1.78 bits per heavy atom. The number of ether oxygens (including phenoxy) is 1. The van der Waals surface area contributed by atoms with Crippen LogP contribution in [0, 0.1) is 33.6 Å². The molecule has 2 unspecified atom stereocenters. The van der Waals surface area contributed by atoms with Crippen LogP contribution in [0.2, 0.25) is 0 Å². The first-order valence-corrected chi connectivity index (χ1v) is 9.74. The molecule has 0 rings (SSSR count). The van der Waals surface area contributed by atoms with Gasteiger partial charge in [0.15, 0.2) is 0 Å². The van der Waals surface area contributed by atoms with E-state index in [1.807, 2.05) is 0 Å². The van der Waals surface area contributed by atoms with Crippen molar-refractivity contribution in [3.63, 3.8) is 0 Å². The van der Waals surface area contributed by atoms with Crippen molar-refractivity contribution in [2.24, 2.45) is 5.92 Å². The quantitative estimate of drug-likeness (QED) is 0.319. The van der Waals surface area contributed by atoms with Gasteiger partial charge in [-0.05, 0) is 6.92 Å². The normalized spacial score (nSPS) is 12.2. The van der Waals surface area contributed by atoms with E-state index in [9.17, 15) is 4.79 Å². The maximum absolute atomic E-state index is 10.7. The third kappa shape index (κ3) is 21.8. The fourth-order valence-corrected chi connectivity index (χ4v) is 0.562. The van der Waals surface area contributed by atoms with E-state index < -0.39 is 23.0 Å². The van der Waals surface area contributed by atoms with E-state index in [0.717, 1.165) is 18.9 Å². The molecule has 0 aromatic rings. The number of esters is 1. The molecule has 0 bridgehead atoms. The number of rotatable bonds is 5. The third-order valence-electron chi connectivity index (χ3n) is 1.75. The van der Waals surface area contributed by atoms with Gasteiger partial charge in [-0.25, -0.2) is 24.1 Å². The fraction of sp³-hybridized carbons (Fsp3) is 0.462. The zero-order valence-electron chi connectivity index (χ0n) is 11.0. The molecular weight excluding hydrogens is 307 g/mol. The summed E-state index contributed by atoms with van der Waals surface area (Å²) in [6.45, 7) is 19.6. The number of hydrogen-bond donors (Lipinski definition) is 0. The Labute approximate surface area is 129 Å². The molecule has 0 heterocycles. The maximum atomic E-state index is 10.7. The van der Waals surface area contributed by atoms with Crippen molar-refractivity contribution < 1.29 is 26.6 Å². The molecule has 0 fully saturated rings. The predicted octanol–water partition coefficient (Wildman–Crippen LogP) is 4.59. The van der Waals surface area contributed by atoms with Gasteiger partial charge in [-0.15, -0.1) is 0 Å². The first-order valence-electron chi connectivity index (χ1n) is 5.45. The average molecular weight is 329 g/mol. The van der Waals surface area contributed by atoms with Crippen LogP contribution >= 0.6 is 18.6 Å². The monoisotopic (exact) mass is 328 g/mol. The summed E-state index contributed by atoms with van der Waals surface area (Å²) in [7, 11) is 9.78. The summed E-state index contributed by atoms with van der Waals surface area (Å²) in [5.74, 6) is -0.349. The molecule has 0 radical (unpaired) electrons. The Morgan fingerprint density at radius 1 is 1.39 bits per heavy atom. The number of carbonyl (C=O) groups is 1. The zero-order valence-corrected chi connectivity index (χ0v) is 14.0. The van der Waals surface area contributed by atoms with Crippen molar-refractivity contribution in [3.8, 4) is 0 Å². The van der Waals surface area contributed by atoms with E-state index in [-0.39, 0.29) is 12.0 Å². The van der Waals surface area contributed by atoms with Gasteiger partial charge in [-0.3, -0.25) is 0 Å². The molecule has 18 heavy (non-hydrogen) atoms. The Hall–Kier alpha value is 0.504. The summed E-state index contributed by atoms with van der Waals surface area (Å²) in [4.78, 5) is 10.7. The van der Waals surface area contributed by atoms with E-state index in [0.29, 0.717) is 6.42 Å². The van der Waals surface area contributed by atoms with Crippen molar-refractivity contribution in [1.29, 1.82) is 0 Å². The second-order valence-electron chi connectivity index (χ2n) is 3.17. The van der Waals surface area contributed by atoms with E-state index in [4.69, 9.17) is 23.3 Å². The average Bonchev–Trinajstić information content (AvgIpc) is 2.38. The van der Waals surface area contributed by atoms with Gasteiger partial charge in [0.05, 0.1) is 6.10 Å². The van der Waals surface area contributed by atoms with Crippen LogP contribution in [0.15, 0.2) is 12.7 Å². The van der Waals surface area contributed by atoms with Gasteiger partial charge in [0.25, 0.3) is 0 Å². The van der Waals surface area contributed by atoms with Crippen LogP contribution in [0.25, 0.3) is 0 Å². The van der Waals surface area contributed by atoms with Gasteiger partial charge in [0.2, 0.25) is 0 Å². The SMILES string of the molecule is C=CC(=O)OC(C)C([CH2-])C[CH2-].[CH2-]CC[CH2-].[Cl][Ti+4][Cl]. The van der Waals surface area contributed by atoms with E-state index in [1.165, 1.54) is 0 Å². The second kappa shape index (κ2) is 19.8. The van der Waals surface area contributed by atoms with Crippen molar-refractivity contribution >= 4 is 24.6 Å². The van der Waals surface area contributed by atoms with Crippen LogP contribution in [-0.2, 0) is 26.6 Å². The number of halogens is 2. The molecule has 0 spiro atoms. The van der Waals surface area contributed by atoms with Gasteiger partial charge in [0, 0.05) is 6.08 Å². The molecule has 0 aliphatic heterocycles. The third-order valence-corrected chi connectivity index (χ3v) is 1.75. The van der Waals surface area contributed by atoms with Crippen LogP contribution in [0.1, 0.15) is 26.2 Å². The number of hydrogen-bond acceptors (Lipinski definition) is 2. The predicted molar refractivity (Wildman–Crippen MR) is 76.2 cm³/mol. The first-order chi connectivity index (χ1) is 8.44. The van der Waals surface area contributed by atoms with E-state index in [2.05, 4.69) is 34.3 Å². The summed E-state index contributed by atoms with van der Waals surface area (Å²) in [5.41, 5.74) is 0. The molecule has 0 N–H and O–H groups in total. The Bertz CT molecular complexity index is 188. The standard InChI is InChI=1S/C9H14O2.C4H8.2ClH.Ti/c1-5-7(3)8(4)11-9(10)6-2;1-3-4-2;;;/h6-8H,1-3,5H2,4H3;1-4H2;2*1H;/q2*-2;;;+6/p-2.